The summed E-state index contributed by atoms with van der Waals surface area (Å²) in [7, 11) is 0. The molecule has 1 aliphatic heterocycles. The molecule has 1 fully saturated rings. The number of benzene rings is 1. The fourth-order valence-corrected chi connectivity index (χ4v) is 3.15. The minimum atomic E-state index is -0.0789. The van der Waals surface area contributed by atoms with E-state index < -0.39 is 0 Å². The SMILES string of the molecule is Nc1nc(Nc2ccc(C(=O)NCC3CCOCC3)cc2)nn1-c1ccccn1. The second kappa shape index (κ2) is 8.70. The molecular weight excluding hydrogens is 370 g/mol. The molecule has 3 aromatic rings. The molecule has 0 aliphatic carbocycles. The van der Waals surface area contributed by atoms with Gasteiger partial charge in [-0.25, -0.2) is 4.98 Å². The Morgan fingerprint density at radius 3 is 2.69 bits per heavy atom. The van der Waals surface area contributed by atoms with Gasteiger partial charge in [-0.05, 0) is 55.2 Å². The first-order valence-electron chi connectivity index (χ1n) is 9.56. The number of carbonyl (C=O) groups excluding carboxylic acids is 1. The van der Waals surface area contributed by atoms with Crippen molar-refractivity contribution < 1.29 is 9.53 Å². The molecule has 0 spiro atoms. The zero-order valence-electron chi connectivity index (χ0n) is 15.9. The number of hydrogen-bond acceptors (Lipinski definition) is 7. The quantitative estimate of drug-likeness (QED) is 0.587. The number of ether oxygens (including phenoxy) is 1. The fourth-order valence-electron chi connectivity index (χ4n) is 3.15. The number of pyridine rings is 1. The van der Waals surface area contributed by atoms with Crippen molar-refractivity contribution in [3.8, 4) is 5.82 Å². The lowest BCUT2D eigenvalue weighted by molar-refractivity contribution is 0.0642. The minimum absolute atomic E-state index is 0.0789. The minimum Gasteiger partial charge on any atom is -0.381 e. The van der Waals surface area contributed by atoms with Crippen molar-refractivity contribution in [1.29, 1.82) is 0 Å². The normalized spacial score (nSPS) is 14.5. The molecule has 4 N–H and O–H groups in total. The summed E-state index contributed by atoms with van der Waals surface area (Å²) in [4.78, 5) is 20.8. The molecule has 29 heavy (non-hydrogen) atoms. The number of carbonyl (C=O) groups is 1. The molecule has 4 rings (SSSR count). The van der Waals surface area contributed by atoms with Crippen molar-refractivity contribution in [2.45, 2.75) is 12.8 Å². The fraction of sp³-hybridized carbons (Fsp3) is 0.300. The predicted molar refractivity (Wildman–Crippen MR) is 109 cm³/mol. The summed E-state index contributed by atoms with van der Waals surface area (Å²) >= 11 is 0. The van der Waals surface area contributed by atoms with Crippen molar-refractivity contribution in [1.82, 2.24) is 25.1 Å². The summed E-state index contributed by atoms with van der Waals surface area (Å²) in [5.74, 6) is 1.58. The molecule has 0 atom stereocenters. The van der Waals surface area contributed by atoms with Gasteiger partial charge in [0.15, 0.2) is 5.82 Å². The van der Waals surface area contributed by atoms with Crippen molar-refractivity contribution in [3.05, 3.63) is 54.2 Å². The Balaban J connectivity index is 1.36. The Hall–Kier alpha value is -3.46. The average Bonchev–Trinajstić information content (AvgIpc) is 3.14. The van der Waals surface area contributed by atoms with Crippen molar-refractivity contribution in [2.75, 3.05) is 30.8 Å². The molecule has 0 saturated carbocycles. The molecule has 0 bridgehead atoms. The van der Waals surface area contributed by atoms with Crippen molar-refractivity contribution >= 4 is 23.5 Å². The summed E-state index contributed by atoms with van der Waals surface area (Å²) in [6.07, 6.45) is 3.64. The molecule has 9 nitrogen and oxygen atoms in total. The molecule has 1 aromatic carbocycles. The summed E-state index contributed by atoms with van der Waals surface area (Å²) in [5, 5.41) is 10.4. The van der Waals surface area contributed by atoms with E-state index in [0.717, 1.165) is 31.7 Å². The molecule has 1 saturated heterocycles. The number of rotatable bonds is 6. The zero-order chi connectivity index (χ0) is 20.1. The number of nitrogens with zero attached hydrogens (tertiary/aromatic N) is 4. The summed E-state index contributed by atoms with van der Waals surface area (Å²) < 4.78 is 6.80. The van der Waals surface area contributed by atoms with E-state index in [0.29, 0.717) is 29.8 Å². The third kappa shape index (κ3) is 4.69. The van der Waals surface area contributed by atoms with Crippen molar-refractivity contribution in [3.63, 3.8) is 0 Å². The van der Waals surface area contributed by atoms with Crippen LogP contribution >= 0.6 is 0 Å². The molecule has 0 radical (unpaired) electrons. The van der Waals surface area contributed by atoms with Crippen molar-refractivity contribution in [2.24, 2.45) is 5.92 Å². The Kier molecular flexibility index (Phi) is 5.66. The highest BCUT2D eigenvalue weighted by atomic mass is 16.5. The summed E-state index contributed by atoms with van der Waals surface area (Å²) in [5.41, 5.74) is 7.29. The second-order valence-electron chi connectivity index (χ2n) is 6.86. The third-order valence-corrected chi connectivity index (χ3v) is 4.79. The molecule has 1 aliphatic rings. The Morgan fingerprint density at radius 2 is 1.97 bits per heavy atom. The van der Waals surface area contributed by atoms with Crippen LogP contribution < -0.4 is 16.4 Å². The summed E-state index contributed by atoms with van der Waals surface area (Å²) in [6, 6.07) is 12.6. The molecule has 0 unspecified atom stereocenters. The number of anilines is 3. The van der Waals surface area contributed by atoms with Crippen LogP contribution in [-0.4, -0.2) is 45.4 Å². The molecule has 3 heterocycles. The van der Waals surface area contributed by atoms with Gasteiger partial charge in [-0.3, -0.25) is 4.79 Å². The lowest BCUT2D eigenvalue weighted by Crippen LogP contribution is -2.32. The number of aromatic nitrogens is 4. The molecular formula is C20H23N7O2. The highest BCUT2D eigenvalue weighted by Crippen LogP contribution is 2.18. The van der Waals surface area contributed by atoms with Crippen LogP contribution in [0.3, 0.4) is 0 Å². The number of nitrogen functional groups attached to an aromatic ring is 1. The van der Waals surface area contributed by atoms with Crippen LogP contribution in [0.5, 0.6) is 0 Å². The van der Waals surface area contributed by atoms with Gasteiger partial charge in [0.05, 0.1) is 0 Å². The lowest BCUT2D eigenvalue weighted by atomic mass is 10.0. The first-order chi connectivity index (χ1) is 14.2. The molecule has 1 amide bonds. The number of hydrogen-bond donors (Lipinski definition) is 3. The van der Waals surface area contributed by atoms with E-state index in [4.69, 9.17) is 10.5 Å². The maximum atomic E-state index is 12.3. The molecule has 2 aromatic heterocycles. The second-order valence-corrected chi connectivity index (χ2v) is 6.86. The van der Waals surface area contributed by atoms with Crippen LogP contribution in [0.15, 0.2) is 48.7 Å². The van der Waals surface area contributed by atoms with E-state index in [2.05, 4.69) is 25.7 Å². The first kappa shape index (κ1) is 18.9. The topological polar surface area (TPSA) is 120 Å². The molecule has 150 valence electrons. The largest absolute Gasteiger partial charge is 0.381 e. The van der Waals surface area contributed by atoms with Gasteiger partial charge in [0.2, 0.25) is 11.9 Å². The average molecular weight is 393 g/mol. The van der Waals surface area contributed by atoms with Gasteiger partial charge in [-0.1, -0.05) is 6.07 Å². The molecule has 9 heteroatoms. The predicted octanol–water partition coefficient (Wildman–Crippen LogP) is 2.14. The number of amides is 1. The maximum absolute atomic E-state index is 12.3. The maximum Gasteiger partial charge on any atom is 0.251 e. The smallest absolute Gasteiger partial charge is 0.251 e. The highest BCUT2D eigenvalue weighted by Gasteiger charge is 2.15. The van der Waals surface area contributed by atoms with Gasteiger partial charge in [0.25, 0.3) is 5.91 Å². The van der Waals surface area contributed by atoms with Crippen LogP contribution in [0.1, 0.15) is 23.2 Å². The van der Waals surface area contributed by atoms with E-state index in [1.165, 1.54) is 4.68 Å². The van der Waals surface area contributed by atoms with Crippen LogP contribution in [0, 0.1) is 5.92 Å². The van der Waals surface area contributed by atoms with Crippen LogP contribution in [-0.2, 0) is 4.74 Å². The van der Waals surface area contributed by atoms with E-state index in [1.54, 1.807) is 36.5 Å². The Morgan fingerprint density at radius 1 is 1.17 bits per heavy atom. The summed E-state index contributed by atoms with van der Waals surface area (Å²) in [6.45, 7) is 2.22. The van der Waals surface area contributed by atoms with Gasteiger partial charge in [-0.2, -0.15) is 9.67 Å². The van der Waals surface area contributed by atoms with E-state index >= 15 is 0 Å². The number of nitrogens with two attached hydrogens (primary N) is 1. The first-order valence-corrected chi connectivity index (χ1v) is 9.56. The van der Waals surface area contributed by atoms with Gasteiger partial charge in [0, 0.05) is 37.2 Å². The van der Waals surface area contributed by atoms with Gasteiger partial charge < -0.3 is 21.1 Å². The van der Waals surface area contributed by atoms with Gasteiger partial charge in [-0.15, -0.1) is 5.10 Å². The van der Waals surface area contributed by atoms with E-state index in [-0.39, 0.29) is 11.9 Å². The van der Waals surface area contributed by atoms with Gasteiger partial charge in [0.1, 0.15) is 0 Å². The third-order valence-electron chi connectivity index (χ3n) is 4.79. The van der Waals surface area contributed by atoms with Crippen LogP contribution in [0.4, 0.5) is 17.6 Å². The Labute approximate surface area is 168 Å². The van der Waals surface area contributed by atoms with Gasteiger partial charge >= 0.3 is 0 Å². The highest BCUT2D eigenvalue weighted by molar-refractivity contribution is 5.94. The van der Waals surface area contributed by atoms with E-state index in [1.807, 2.05) is 12.1 Å². The van der Waals surface area contributed by atoms with E-state index in [9.17, 15) is 4.79 Å². The Bertz CT molecular complexity index is 951. The lowest BCUT2D eigenvalue weighted by Gasteiger charge is -2.22. The number of nitrogens with one attached hydrogen (secondary N) is 2. The standard InChI is InChI=1S/C20H23N7O2/c21-19-25-20(26-27(19)17-3-1-2-10-22-17)24-16-6-4-15(5-7-16)18(28)23-13-14-8-11-29-12-9-14/h1-7,10,14H,8-9,11-13H2,(H,23,28)(H3,21,24,25,26). The van der Waals surface area contributed by atoms with Crippen LogP contribution in [0.2, 0.25) is 0 Å². The zero-order valence-corrected chi connectivity index (χ0v) is 15.9. The monoisotopic (exact) mass is 393 g/mol. The van der Waals surface area contributed by atoms with Crippen LogP contribution in [0.25, 0.3) is 5.82 Å².